The van der Waals surface area contributed by atoms with E-state index in [4.69, 9.17) is 9.47 Å². The maximum absolute atomic E-state index is 5.65. The first-order valence-corrected chi connectivity index (χ1v) is 8.11. The molecule has 0 fully saturated rings. The van der Waals surface area contributed by atoms with Gasteiger partial charge in [0.05, 0.1) is 7.11 Å². The molecule has 1 aliphatic heterocycles. The van der Waals surface area contributed by atoms with Crippen LogP contribution in [0.4, 0.5) is 0 Å². The van der Waals surface area contributed by atoms with Gasteiger partial charge < -0.3 is 9.47 Å². The third-order valence-corrected chi connectivity index (χ3v) is 4.36. The van der Waals surface area contributed by atoms with Crippen molar-refractivity contribution in [1.82, 2.24) is 0 Å². The van der Waals surface area contributed by atoms with Crippen molar-refractivity contribution in [2.75, 3.05) is 7.11 Å². The van der Waals surface area contributed by atoms with Crippen LogP contribution in [-0.4, -0.2) is 7.11 Å². The zero-order valence-corrected chi connectivity index (χ0v) is 13.7. The summed E-state index contributed by atoms with van der Waals surface area (Å²) in [6.45, 7) is 4.03. The van der Waals surface area contributed by atoms with Crippen molar-refractivity contribution in [2.24, 2.45) is 0 Å². The molecular weight excluding hydrogens is 272 g/mol. The first kappa shape index (κ1) is 15.0. The molecule has 0 saturated carbocycles. The highest BCUT2D eigenvalue weighted by molar-refractivity contribution is 5.57. The average Bonchev–Trinajstić information content (AvgIpc) is 2.54. The number of hydrogen-bond donors (Lipinski definition) is 0. The number of rotatable bonds is 1. The Morgan fingerprint density at radius 1 is 1.00 bits per heavy atom. The maximum Gasteiger partial charge on any atom is 0.118 e. The van der Waals surface area contributed by atoms with Crippen molar-refractivity contribution < 1.29 is 9.47 Å². The molecule has 22 heavy (non-hydrogen) atoms. The van der Waals surface area contributed by atoms with Gasteiger partial charge in [0, 0.05) is 5.57 Å². The highest BCUT2D eigenvalue weighted by Gasteiger charge is 2.21. The molecule has 2 heteroatoms. The normalized spacial score (nSPS) is 25.3. The second-order valence-electron chi connectivity index (χ2n) is 6.04. The molecule has 1 heterocycles. The fraction of sp³-hybridized carbons (Fsp3) is 0.400. The molecule has 0 unspecified atom stereocenters. The van der Waals surface area contributed by atoms with Crippen LogP contribution in [0.3, 0.4) is 0 Å². The number of methoxy groups -OCH3 is 1. The maximum atomic E-state index is 5.65. The summed E-state index contributed by atoms with van der Waals surface area (Å²) in [4.78, 5) is 0. The zero-order chi connectivity index (χ0) is 15.5. The van der Waals surface area contributed by atoms with Crippen LogP contribution in [0.2, 0.25) is 0 Å². The predicted molar refractivity (Wildman–Crippen MR) is 90.0 cm³/mol. The lowest BCUT2D eigenvalue weighted by Crippen LogP contribution is -2.08. The van der Waals surface area contributed by atoms with Gasteiger partial charge in [-0.3, -0.25) is 0 Å². The van der Waals surface area contributed by atoms with Crippen LogP contribution in [0.5, 0.6) is 0 Å². The third kappa shape index (κ3) is 2.96. The molecule has 0 amide bonds. The van der Waals surface area contributed by atoms with E-state index in [9.17, 15) is 0 Å². The Morgan fingerprint density at radius 3 is 2.50 bits per heavy atom. The van der Waals surface area contributed by atoms with E-state index >= 15 is 0 Å². The summed E-state index contributed by atoms with van der Waals surface area (Å²) in [6.07, 6.45) is 16.7. The molecule has 2 aliphatic carbocycles. The lowest BCUT2D eigenvalue weighted by Gasteiger charge is -2.25. The molecule has 0 spiro atoms. The Morgan fingerprint density at radius 2 is 1.77 bits per heavy atom. The largest absolute Gasteiger partial charge is 0.497 e. The van der Waals surface area contributed by atoms with E-state index in [0.717, 1.165) is 43.0 Å². The standard InChI is InChI=1S/C20H24O2/c1-14-12-16(13-15(2)22-14)17-8-4-5-9-18(17)19-10-6-7-11-20(19)21-3/h5,9,11-13H,4,6-8,10H2,1-3H3. The third-order valence-electron chi connectivity index (χ3n) is 4.36. The van der Waals surface area contributed by atoms with Gasteiger partial charge in [0.25, 0.3) is 0 Å². The molecule has 0 aromatic carbocycles. The van der Waals surface area contributed by atoms with Gasteiger partial charge in [-0.25, -0.2) is 0 Å². The van der Waals surface area contributed by atoms with Gasteiger partial charge >= 0.3 is 0 Å². The molecule has 116 valence electrons. The minimum Gasteiger partial charge on any atom is -0.497 e. The summed E-state index contributed by atoms with van der Waals surface area (Å²) in [7, 11) is 1.78. The minimum atomic E-state index is 0.965. The van der Waals surface area contributed by atoms with Crippen LogP contribution in [0.25, 0.3) is 0 Å². The summed E-state index contributed by atoms with van der Waals surface area (Å²) < 4.78 is 11.3. The van der Waals surface area contributed by atoms with E-state index in [1.807, 2.05) is 13.8 Å². The molecule has 3 aliphatic rings. The smallest absolute Gasteiger partial charge is 0.118 e. The number of allylic oxidation sites excluding steroid dienone is 11. The second kappa shape index (κ2) is 6.43. The Kier molecular flexibility index (Phi) is 4.37. The summed E-state index contributed by atoms with van der Waals surface area (Å²) in [6, 6.07) is 0. The lowest BCUT2D eigenvalue weighted by molar-refractivity contribution is 0.291. The molecular formula is C20H24O2. The van der Waals surface area contributed by atoms with E-state index in [1.54, 1.807) is 7.11 Å². The highest BCUT2D eigenvalue weighted by Crippen LogP contribution is 2.37. The molecule has 0 radical (unpaired) electrons. The van der Waals surface area contributed by atoms with Crippen LogP contribution in [-0.2, 0) is 9.47 Å². The molecule has 0 aromatic rings. The first-order chi connectivity index (χ1) is 10.7. The highest BCUT2D eigenvalue weighted by atomic mass is 16.5. The van der Waals surface area contributed by atoms with Gasteiger partial charge in [-0.2, -0.15) is 0 Å². The zero-order valence-electron chi connectivity index (χ0n) is 13.7. The van der Waals surface area contributed by atoms with Crippen LogP contribution in [0.15, 0.2) is 70.0 Å². The van der Waals surface area contributed by atoms with Gasteiger partial charge in [0.1, 0.15) is 17.3 Å². The van der Waals surface area contributed by atoms with E-state index in [0.29, 0.717) is 0 Å². The van der Waals surface area contributed by atoms with Gasteiger partial charge in [-0.05, 0) is 80.9 Å². The molecule has 0 atom stereocenters. The van der Waals surface area contributed by atoms with E-state index in [-0.39, 0.29) is 0 Å². The summed E-state index contributed by atoms with van der Waals surface area (Å²) >= 11 is 0. The van der Waals surface area contributed by atoms with Crippen LogP contribution in [0.1, 0.15) is 46.0 Å². The SMILES string of the molecule is COC1=CCCCC1=C1C=CCCC1=C1C=C(C)OC(C)=C1. The fourth-order valence-corrected chi connectivity index (χ4v) is 3.45. The van der Waals surface area contributed by atoms with Crippen molar-refractivity contribution in [1.29, 1.82) is 0 Å². The van der Waals surface area contributed by atoms with Crippen molar-refractivity contribution in [3.05, 3.63) is 70.0 Å². The molecule has 3 rings (SSSR count). The quantitative estimate of drug-likeness (QED) is 0.637. The molecule has 0 aromatic heterocycles. The Balaban J connectivity index is 2.15. The van der Waals surface area contributed by atoms with Crippen LogP contribution in [0, 0.1) is 0 Å². The van der Waals surface area contributed by atoms with Crippen molar-refractivity contribution in [2.45, 2.75) is 46.0 Å². The number of hydrogen-bond acceptors (Lipinski definition) is 2. The molecule has 0 saturated heterocycles. The monoisotopic (exact) mass is 296 g/mol. The van der Waals surface area contributed by atoms with Crippen molar-refractivity contribution in [3.8, 4) is 0 Å². The Labute approximate surface area is 133 Å². The van der Waals surface area contributed by atoms with Gasteiger partial charge in [-0.15, -0.1) is 0 Å². The topological polar surface area (TPSA) is 18.5 Å². The van der Waals surface area contributed by atoms with Gasteiger partial charge in [0.15, 0.2) is 0 Å². The fourth-order valence-electron chi connectivity index (χ4n) is 3.45. The molecule has 0 bridgehead atoms. The van der Waals surface area contributed by atoms with Gasteiger partial charge in [0.2, 0.25) is 0 Å². The predicted octanol–water partition coefficient (Wildman–Crippen LogP) is 5.48. The van der Waals surface area contributed by atoms with Crippen LogP contribution >= 0.6 is 0 Å². The van der Waals surface area contributed by atoms with Crippen LogP contribution < -0.4 is 0 Å². The Hall–Kier alpha value is -1.96. The second-order valence-corrected chi connectivity index (χ2v) is 6.04. The molecule has 0 N–H and O–H groups in total. The minimum absolute atomic E-state index is 0.965. The van der Waals surface area contributed by atoms with E-state index in [2.05, 4.69) is 30.4 Å². The lowest BCUT2D eigenvalue weighted by atomic mass is 9.83. The van der Waals surface area contributed by atoms with Gasteiger partial charge in [-0.1, -0.05) is 12.2 Å². The molecule has 2 nitrogen and oxygen atoms in total. The first-order valence-electron chi connectivity index (χ1n) is 8.11. The average molecular weight is 296 g/mol. The van der Waals surface area contributed by atoms with Crippen molar-refractivity contribution >= 4 is 0 Å². The van der Waals surface area contributed by atoms with E-state index < -0.39 is 0 Å². The Bertz CT molecular complexity index is 631. The van der Waals surface area contributed by atoms with Crippen molar-refractivity contribution in [3.63, 3.8) is 0 Å². The summed E-state index contributed by atoms with van der Waals surface area (Å²) in [5.41, 5.74) is 5.42. The summed E-state index contributed by atoms with van der Waals surface area (Å²) in [5, 5.41) is 0. The number of ether oxygens (including phenoxy) is 2. The van der Waals surface area contributed by atoms with E-state index in [1.165, 1.54) is 28.7 Å². The summed E-state index contributed by atoms with van der Waals surface area (Å²) in [5.74, 6) is 2.99.